The molecule has 0 saturated carbocycles. The van der Waals surface area contributed by atoms with Gasteiger partial charge in [-0.1, -0.05) is 6.07 Å². The van der Waals surface area contributed by atoms with E-state index in [1.807, 2.05) is 11.4 Å². The summed E-state index contributed by atoms with van der Waals surface area (Å²) in [6.45, 7) is 0.546. The van der Waals surface area contributed by atoms with Gasteiger partial charge in [-0.15, -0.1) is 11.3 Å². The average Bonchev–Trinajstić information content (AvgIpc) is 2.76. The van der Waals surface area contributed by atoms with Gasteiger partial charge in [0.2, 0.25) is 0 Å². The Morgan fingerprint density at radius 3 is 2.88 bits per heavy atom. The van der Waals surface area contributed by atoms with Gasteiger partial charge >= 0.3 is 0 Å². The summed E-state index contributed by atoms with van der Waals surface area (Å²) in [6, 6.07) is 8.55. The summed E-state index contributed by atoms with van der Waals surface area (Å²) < 4.78 is 18.5. The van der Waals surface area contributed by atoms with Gasteiger partial charge in [0.15, 0.2) is 0 Å². The summed E-state index contributed by atoms with van der Waals surface area (Å²) in [4.78, 5) is 1.26. The third-order valence-electron chi connectivity index (χ3n) is 2.17. The molecule has 0 spiro atoms. The van der Waals surface area contributed by atoms with E-state index in [0.29, 0.717) is 12.4 Å². The number of nitrogens with two attached hydrogens (primary N) is 1. The molecule has 0 atom stereocenters. The zero-order chi connectivity index (χ0) is 11.4. The molecule has 1 heterocycles. The molecule has 4 heteroatoms. The Bertz CT molecular complexity index is 456. The molecule has 2 nitrogen and oxygen atoms in total. The first-order valence-corrected chi connectivity index (χ1v) is 5.84. The first kappa shape index (κ1) is 11.0. The summed E-state index contributed by atoms with van der Waals surface area (Å²) in [7, 11) is 0. The van der Waals surface area contributed by atoms with Crippen LogP contribution in [0.15, 0.2) is 35.7 Å². The zero-order valence-electron chi connectivity index (χ0n) is 8.65. The molecule has 16 heavy (non-hydrogen) atoms. The molecule has 2 N–H and O–H groups in total. The molecule has 1 aromatic heterocycles. The molecule has 0 aliphatic rings. The number of anilines is 1. The van der Waals surface area contributed by atoms with Crippen LogP contribution in [0.5, 0.6) is 5.75 Å². The largest absolute Gasteiger partial charge is 0.493 e. The van der Waals surface area contributed by atoms with E-state index in [1.54, 1.807) is 17.4 Å². The van der Waals surface area contributed by atoms with Crippen molar-refractivity contribution in [2.24, 2.45) is 0 Å². The van der Waals surface area contributed by atoms with Gasteiger partial charge in [-0.25, -0.2) is 4.39 Å². The molecule has 84 valence electrons. The van der Waals surface area contributed by atoms with Gasteiger partial charge in [0.1, 0.15) is 11.6 Å². The Labute approximate surface area is 97.5 Å². The van der Waals surface area contributed by atoms with E-state index in [-0.39, 0.29) is 5.69 Å². The quantitative estimate of drug-likeness (QED) is 0.829. The average molecular weight is 237 g/mol. The molecule has 0 unspecified atom stereocenters. The van der Waals surface area contributed by atoms with E-state index in [9.17, 15) is 4.39 Å². The molecule has 0 aliphatic carbocycles. The Morgan fingerprint density at radius 1 is 1.31 bits per heavy atom. The van der Waals surface area contributed by atoms with Crippen LogP contribution in [0.4, 0.5) is 10.1 Å². The predicted octanol–water partition coefficient (Wildman–Crippen LogP) is 3.09. The minimum atomic E-state index is -0.436. The van der Waals surface area contributed by atoms with Crippen molar-refractivity contribution < 1.29 is 9.13 Å². The van der Waals surface area contributed by atoms with Crippen molar-refractivity contribution in [3.05, 3.63) is 46.4 Å². The number of benzene rings is 1. The number of hydrogen-bond donors (Lipinski definition) is 1. The van der Waals surface area contributed by atoms with Gasteiger partial charge < -0.3 is 10.5 Å². The predicted molar refractivity (Wildman–Crippen MR) is 64.3 cm³/mol. The van der Waals surface area contributed by atoms with Gasteiger partial charge in [-0.3, -0.25) is 0 Å². The monoisotopic (exact) mass is 237 g/mol. The maximum Gasteiger partial charge on any atom is 0.149 e. The number of thiophene rings is 1. The Balaban J connectivity index is 1.87. The second-order valence-electron chi connectivity index (χ2n) is 3.36. The number of halogens is 1. The standard InChI is InChI=1S/C12H12FNOS/c13-11-8-9(3-4-12(11)14)15-6-5-10-2-1-7-16-10/h1-4,7-8H,5-6,14H2. The molecule has 0 saturated heterocycles. The van der Waals surface area contributed by atoms with Crippen LogP contribution < -0.4 is 10.5 Å². The van der Waals surface area contributed by atoms with E-state index in [0.717, 1.165) is 6.42 Å². The van der Waals surface area contributed by atoms with Crippen molar-refractivity contribution in [1.82, 2.24) is 0 Å². The van der Waals surface area contributed by atoms with Crippen LogP contribution in [0, 0.1) is 5.82 Å². The lowest BCUT2D eigenvalue weighted by atomic mass is 10.3. The minimum Gasteiger partial charge on any atom is -0.493 e. The fourth-order valence-corrected chi connectivity index (χ4v) is 2.01. The van der Waals surface area contributed by atoms with Crippen molar-refractivity contribution in [2.75, 3.05) is 12.3 Å². The molecule has 1 aromatic carbocycles. The Kier molecular flexibility index (Phi) is 3.41. The summed E-state index contributed by atoms with van der Waals surface area (Å²) in [5, 5.41) is 2.03. The second kappa shape index (κ2) is 4.99. The summed E-state index contributed by atoms with van der Waals surface area (Å²) in [5.74, 6) is 0.0804. The van der Waals surface area contributed by atoms with E-state index >= 15 is 0 Å². The fourth-order valence-electron chi connectivity index (χ4n) is 1.32. The molecule has 0 aliphatic heterocycles. The maximum atomic E-state index is 13.1. The first-order chi connectivity index (χ1) is 7.75. The molecule has 0 radical (unpaired) electrons. The van der Waals surface area contributed by atoms with Crippen LogP contribution in [0.25, 0.3) is 0 Å². The SMILES string of the molecule is Nc1ccc(OCCc2cccs2)cc1F. The molecule has 0 fully saturated rings. The molecule has 0 amide bonds. The summed E-state index contributed by atoms with van der Waals surface area (Å²) >= 11 is 1.69. The summed E-state index contributed by atoms with van der Waals surface area (Å²) in [5.41, 5.74) is 5.51. The third kappa shape index (κ3) is 2.73. The molecule has 2 aromatic rings. The van der Waals surface area contributed by atoms with Gasteiger partial charge in [0.05, 0.1) is 12.3 Å². The highest BCUT2D eigenvalue weighted by atomic mass is 32.1. The van der Waals surface area contributed by atoms with Crippen LogP contribution in [0.3, 0.4) is 0 Å². The molecule has 0 bridgehead atoms. The van der Waals surface area contributed by atoms with Crippen LogP contribution in [-0.4, -0.2) is 6.61 Å². The number of ether oxygens (including phenoxy) is 1. The van der Waals surface area contributed by atoms with E-state index in [4.69, 9.17) is 10.5 Å². The summed E-state index contributed by atoms with van der Waals surface area (Å²) in [6.07, 6.45) is 0.837. The molecular weight excluding hydrogens is 225 g/mol. The van der Waals surface area contributed by atoms with Crippen LogP contribution >= 0.6 is 11.3 Å². The van der Waals surface area contributed by atoms with Crippen molar-refractivity contribution in [3.8, 4) is 5.75 Å². The van der Waals surface area contributed by atoms with Crippen LogP contribution in [-0.2, 0) is 6.42 Å². The fraction of sp³-hybridized carbons (Fsp3) is 0.167. The van der Waals surface area contributed by atoms with Crippen molar-refractivity contribution in [2.45, 2.75) is 6.42 Å². The lowest BCUT2D eigenvalue weighted by Crippen LogP contribution is -2.01. The first-order valence-electron chi connectivity index (χ1n) is 4.96. The van der Waals surface area contributed by atoms with Crippen LogP contribution in [0.2, 0.25) is 0 Å². The molecule has 2 rings (SSSR count). The number of rotatable bonds is 4. The number of nitrogen functional groups attached to an aromatic ring is 1. The van der Waals surface area contributed by atoms with Gasteiger partial charge in [-0.2, -0.15) is 0 Å². The van der Waals surface area contributed by atoms with Gasteiger partial charge in [0, 0.05) is 17.4 Å². The van der Waals surface area contributed by atoms with E-state index < -0.39 is 5.82 Å². The highest BCUT2D eigenvalue weighted by molar-refractivity contribution is 7.09. The van der Waals surface area contributed by atoms with Crippen molar-refractivity contribution >= 4 is 17.0 Å². The lowest BCUT2D eigenvalue weighted by molar-refractivity contribution is 0.321. The van der Waals surface area contributed by atoms with Gasteiger partial charge in [-0.05, 0) is 23.6 Å². The lowest BCUT2D eigenvalue weighted by Gasteiger charge is -2.06. The topological polar surface area (TPSA) is 35.2 Å². The van der Waals surface area contributed by atoms with E-state index in [1.165, 1.54) is 17.0 Å². The van der Waals surface area contributed by atoms with Crippen molar-refractivity contribution in [3.63, 3.8) is 0 Å². The normalized spacial score (nSPS) is 10.3. The smallest absolute Gasteiger partial charge is 0.149 e. The van der Waals surface area contributed by atoms with Crippen LogP contribution in [0.1, 0.15) is 4.88 Å². The minimum absolute atomic E-state index is 0.144. The Morgan fingerprint density at radius 2 is 2.19 bits per heavy atom. The molecular formula is C12H12FNOS. The number of hydrogen-bond acceptors (Lipinski definition) is 3. The highest BCUT2D eigenvalue weighted by Crippen LogP contribution is 2.18. The van der Waals surface area contributed by atoms with Gasteiger partial charge in [0.25, 0.3) is 0 Å². The zero-order valence-corrected chi connectivity index (χ0v) is 9.47. The van der Waals surface area contributed by atoms with E-state index in [2.05, 4.69) is 6.07 Å². The third-order valence-corrected chi connectivity index (χ3v) is 3.11. The maximum absolute atomic E-state index is 13.1. The van der Waals surface area contributed by atoms with Crippen molar-refractivity contribution in [1.29, 1.82) is 0 Å². The Hall–Kier alpha value is -1.55. The second-order valence-corrected chi connectivity index (χ2v) is 4.39. The highest BCUT2D eigenvalue weighted by Gasteiger charge is 2.01.